The highest BCUT2D eigenvalue weighted by Gasteiger charge is 2.28. The van der Waals surface area contributed by atoms with Crippen LogP contribution in [-0.2, 0) is 0 Å². The van der Waals surface area contributed by atoms with Crippen molar-refractivity contribution in [2.45, 2.75) is 26.3 Å². The second-order valence-corrected chi connectivity index (χ2v) is 4.77. The first-order valence-electron chi connectivity index (χ1n) is 5.22. The molecule has 1 N–H and O–H groups in total. The van der Waals surface area contributed by atoms with Gasteiger partial charge in [0.05, 0.1) is 5.69 Å². The normalized spacial score (nSPS) is 11.7. The minimum absolute atomic E-state index is 0.506. The lowest BCUT2D eigenvalue weighted by Gasteiger charge is -2.32. The zero-order valence-electron chi connectivity index (χ0n) is 9.95. The van der Waals surface area contributed by atoms with E-state index in [1.54, 1.807) is 29.1 Å². The first-order chi connectivity index (χ1) is 7.89. The Labute approximate surface area is 98.5 Å². The molecule has 0 atom stereocenters. The zero-order valence-corrected chi connectivity index (χ0v) is 9.95. The van der Waals surface area contributed by atoms with Gasteiger partial charge in [-0.25, -0.2) is 4.79 Å². The molecule has 2 aromatic rings. The summed E-state index contributed by atoms with van der Waals surface area (Å²) >= 11 is 0. The van der Waals surface area contributed by atoms with Crippen LogP contribution >= 0.6 is 0 Å². The third-order valence-electron chi connectivity index (χ3n) is 2.40. The number of nitrogens with zero attached hydrogens (tertiary/aromatic N) is 4. The summed E-state index contributed by atoms with van der Waals surface area (Å²) in [5.41, 5.74) is 0.776. The molecule has 17 heavy (non-hydrogen) atoms. The summed E-state index contributed by atoms with van der Waals surface area (Å²) in [6.07, 6.45) is 2.26. The molecule has 90 valence electrons. The zero-order chi connectivity index (χ0) is 12.6. The SMILES string of the molecule is CC(C)(C)N(C(=O)O)c1ccc2nncn2c1. The Morgan fingerprint density at radius 3 is 2.71 bits per heavy atom. The molecule has 2 rings (SSSR count). The molecule has 0 radical (unpaired) electrons. The number of fused-ring (bicyclic) bond motifs is 1. The topological polar surface area (TPSA) is 70.7 Å². The highest BCUT2D eigenvalue weighted by molar-refractivity contribution is 5.87. The van der Waals surface area contributed by atoms with Crippen LogP contribution in [0, 0.1) is 0 Å². The van der Waals surface area contributed by atoms with Gasteiger partial charge in [0.1, 0.15) is 6.33 Å². The molecule has 0 unspecified atom stereocenters. The summed E-state index contributed by atoms with van der Waals surface area (Å²) in [6, 6.07) is 3.47. The maximum absolute atomic E-state index is 11.3. The van der Waals surface area contributed by atoms with E-state index in [4.69, 9.17) is 0 Å². The summed E-state index contributed by atoms with van der Waals surface area (Å²) < 4.78 is 1.69. The molecule has 0 aromatic carbocycles. The smallest absolute Gasteiger partial charge is 0.412 e. The molecule has 0 fully saturated rings. The van der Waals surface area contributed by atoms with Crippen LogP contribution in [0.3, 0.4) is 0 Å². The van der Waals surface area contributed by atoms with Gasteiger partial charge in [0.25, 0.3) is 0 Å². The fourth-order valence-electron chi connectivity index (χ4n) is 1.73. The number of hydrogen-bond acceptors (Lipinski definition) is 3. The van der Waals surface area contributed by atoms with E-state index < -0.39 is 11.6 Å². The molecule has 2 aromatic heterocycles. The van der Waals surface area contributed by atoms with E-state index in [2.05, 4.69) is 10.2 Å². The van der Waals surface area contributed by atoms with Gasteiger partial charge in [0.15, 0.2) is 5.65 Å². The monoisotopic (exact) mass is 234 g/mol. The molecule has 1 amide bonds. The number of rotatable bonds is 1. The first-order valence-corrected chi connectivity index (χ1v) is 5.22. The van der Waals surface area contributed by atoms with Crippen LogP contribution in [0.5, 0.6) is 0 Å². The van der Waals surface area contributed by atoms with Gasteiger partial charge in [-0.15, -0.1) is 10.2 Å². The molecule has 0 saturated carbocycles. The van der Waals surface area contributed by atoms with Crippen molar-refractivity contribution in [2.75, 3.05) is 4.90 Å². The minimum Gasteiger partial charge on any atom is -0.465 e. The fourth-order valence-corrected chi connectivity index (χ4v) is 1.73. The van der Waals surface area contributed by atoms with Gasteiger partial charge in [0, 0.05) is 11.7 Å². The fraction of sp³-hybridized carbons (Fsp3) is 0.364. The van der Waals surface area contributed by atoms with Crippen LogP contribution in [0.4, 0.5) is 10.5 Å². The van der Waals surface area contributed by atoms with Gasteiger partial charge in [-0.2, -0.15) is 0 Å². The van der Waals surface area contributed by atoms with E-state index in [0.717, 1.165) is 0 Å². The minimum atomic E-state index is -0.982. The summed E-state index contributed by atoms with van der Waals surface area (Å²) in [7, 11) is 0. The second kappa shape index (κ2) is 3.73. The average Bonchev–Trinajstić information content (AvgIpc) is 2.61. The van der Waals surface area contributed by atoms with E-state index in [0.29, 0.717) is 11.3 Å². The number of anilines is 1. The van der Waals surface area contributed by atoms with Crippen molar-refractivity contribution >= 4 is 17.4 Å². The lowest BCUT2D eigenvalue weighted by molar-refractivity contribution is 0.195. The van der Waals surface area contributed by atoms with Crippen molar-refractivity contribution in [2.24, 2.45) is 0 Å². The van der Waals surface area contributed by atoms with Crippen LogP contribution in [-0.4, -0.2) is 31.3 Å². The van der Waals surface area contributed by atoms with Crippen LogP contribution in [0.1, 0.15) is 20.8 Å². The average molecular weight is 234 g/mol. The van der Waals surface area contributed by atoms with Gasteiger partial charge in [-0.1, -0.05) is 0 Å². The highest BCUT2D eigenvalue weighted by Crippen LogP contribution is 2.24. The van der Waals surface area contributed by atoms with E-state index in [-0.39, 0.29) is 0 Å². The Balaban J connectivity index is 2.52. The quantitative estimate of drug-likeness (QED) is 0.819. The second-order valence-electron chi connectivity index (χ2n) is 4.77. The molecule has 0 bridgehead atoms. The van der Waals surface area contributed by atoms with Crippen molar-refractivity contribution in [3.05, 3.63) is 24.7 Å². The number of pyridine rings is 1. The molecule has 0 aliphatic heterocycles. The third-order valence-corrected chi connectivity index (χ3v) is 2.40. The molecule has 0 saturated heterocycles. The summed E-state index contributed by atoms with van der Waals surface area (Å²) in [6.45, 7) is 5.53. The predicted octanol–water partition coefficient (Wildman–Crippen LogP) is 2.01. The molecule has 6 heteroatoms. The maximum Gasteiger partial charge on any atom is 0.412 e. The standard InChI is InChI=1S/C11H14N4O2/c1-11(2,3)15(10(16)17)8-4-5-9-13-12-7-14(9)6-8/h4-7H,1-3H3,(H,16,17). The van der Waals surface area contributed by atoms with E-state index >= 15 is 0 Å². The number of amides is 1. The van der Waals surface area contributed by atoms with Gasteiger partial charge in [-0.3, -0.25) is 9.30 Å². The Hall–Kier alpha value is -2.11. The molecule has 0 spiro atoms. The molecule has 2 heterocycles. The van der Waals surface area contributed by atoms with E-state index in [1.807, 2.05) is 20.8 Å². The van der Waals surface area contributed by atoms with Crippen molar-refractivity contribution in [3.8, 4) is 0 Å². The molecular weight excluding hydrogens is 220 g/mol. The number of carbonyl (C=O) groups is 1. The number of hydrogen-bond donors (Lipinski definition) is 1. The van der Waals surface area contributed by atoms with Crippen LogP contribution in [0.25, 0.3) is 5.65 Å². The lowest BCUT2D eigenvalue weighted by Crippen LogP contribution is -2.45. The maximum atomic E-state index is 11.3. The molecule has 0 aliphatic rings. The Kier molecular flexibility index (Phi) is 2.49. The van der Waals surface area contributed by atoms with Crippen LogP contribution in [0.2, 0.25) is 0 Å². The van der Waals surface area contributed by atoms with E-state index in [1.165, 1.54) is 4.90 Å². The molecule has 0 aliphatic carbocycles. The molecular formula is C11H14N4O2. The molecule has 6 nitrogen and oxygen atoms in total. The van der Waals surface area contributed by atoms with Crippen LogP contribution < -0.4 is 4.90 Å². The first kappa shape index (κ1) is 11.4. The Morgan fingerprint density at radius 1 is 1.41 bits per heavy atom. The Bertz CT molecular complexity index is 556. The lowest BCUT2D eigenvalue weighted by atomic mass is 10.1. The van der Waals surface area contributed by atoms with Crippen LogP contribution in [0.15, 0.2) is 24.7 Å². The summed E-state index contributed by atoms with van der Waals surface area (Å²) in [5.74, 6) is 0. The van der Waals surface area contributed by atoms with Gasteiger partial charge >= 0.3 is 6.09 Å². The summed E-state index contributed by atoms with van der Waals surface area (Å²) in [4.78, 5) is 12.6. The third kappa shape index (κ3) is 2.06. The largest absolute Gasteiger partial charge is 0.465 e. The highest BCUT2D eigenvalue weighted by atomic mass is 16.4. The van der Waals surface area contributed by atoms with Crippen molar-refractivity contribution in [1.29, 1.82) is 0 Å². The number of carboxylic acid groups (broad SMARTS) is 1. The Morgan fingerprint density at radius 2 is 2.12 bits per heavy atom. The number of aromatic nitrogens is 3. The summed E-state index contributed by atoms with van der Waals surface area (Å²) in [5, 5.41) is 16.9. The van der Waals surface area contributed by atoms with E-state index in [9.17, 15) is 9.90 Å². The van der Waals surface area contributed by atoms with Crippen molar-refractivity contribution in [1.82, 2.24) is 14.6 Å². The van der Waals surface area contributed by atoms with Gasteiger partial charge in [-0.05, 0) is 32.9 Å². The predicted molar refractivity (Wildman–Crippen MR) is 63.2 cm³/mol. The van der Waals surface area contributed by atoms with Crippen molar-refractivity contribution < 1.29 is 9.90 Å². The van der Waals surface area contributed by atoms with Gasteiger partial charge in [0.2, 0.25) is 0 Å². The van der Waals surface area contributed by atoms with Crippen molar-refractivity contribution in [3.63, 3.8) is 0 Å². The van der Waals surface area contributed by atoms with Gasteiger partial charge < -0.3 is 5.11 Å².